The molecule has 1 aromatic heterocycles. The van der Waals surface area contributed by atoms with Crippen LogP contribution in [0.4, 0.5) is 5.13 Å². The summed E-state index contributed by atoms with van der Waals surface area (Å²) in [6, 6.07) is 6.32. The molecule has 1 aromatic carbocycles. The summed E-state index contributed by atoms with van der Waals surface area (Å²) >= 11 is 1.46. The maximum atomic E-state index is 13.4. The van der Waals surface area contributed by atoms with E-state index in [0.29, 0.717) is 5.13 Å². The summed E-state index contributed by atoms with van der Waals surface area (Å²) in [6.45, 7) is 10.4. The molecule has 0 radical (unpaired) electrons. The van der Waals surface area contributed by atoms with Crippen molar-refractivity contribution in [3.05, 3.63) is 45.3 Å². The second-order valence-electron chi connectivity index (χ2n) is 9.03. The van der Waals surface area contributed by atoms with E-state index in [-0.39, 0.29) is 35.5 Å². The molecule has 5 heteroatoms. The minimum atomic E-state index is -0.181. The van der Waals surface area contributed by atoms with Crippen molar-refractivity contribution < 1.29 is 9.59 Å². The molecule has 2 aliphatic carbocycles. The molecule has 29 heavy (non-hydrogen) atoms. The quantitative estimate of drug-likeness (QED) is 0.508. The van der Waals surface area contributed by atoms with Crippen LogP contribution >= 0.6 is 11.3 Å². The Morgan fingerprint density at radius 3 is 2.24 bits per heavy atom. The van der Waals surface area contributed by atoms with Crippen LogP contribution in [-0.2, 0) is 9.59 Å². The Hall–Kier alpha value is -2.27. The first kappa shape index (κ1) is 18.7. The average molecular weight is 407 g/mol. The van der Waals surface area contributed by atoms with E-state index in [1.807, 2.05) is 6.92 Å². The lowest BCUT2D eigenvalue weighted by Gasteiger charge is -2.18. The van der Waals surface area contributed by atoms with Crippen molar-refractivity contribution in [1.29, 1.82) is 0 Å². The van der Waals surface area contributed by atoms with Crippen LogP contribution in [0.15, 0.2) is 29.3 Å². The maximum Gasteiger partial charge on any atom is 0.240 e. The third-order valence-corrected chi connectivity index (χ3v) is 8.01. The van der Waals surface area contributed by atoms with Gasteiger partial charge in [-0.3, -0.25) is 9.59 Å². The molecule has 2 heterocycles. The van der Waals surface area contributed by atoms with E-state index in [0.717, 1.165) is 34.5 Å². The normalized spacial score (nSPS) is 27.9. The number of carbonyl (C=O) groups is 2. The van der Waals surface area contributed by atoms with Crippen LogP contribution < -0.4 is 4.90 Å². The van der Waals surface area contributed by atoms with Crippen molar-refractivity contribution in [3.8, 4) is 11.3 Å². The van der Waals surface area contributed by atoms with Gasteiger partial charge in [-0.15, -0.1) is 11.3 Å². The fourth-order valence-electron chi connectivity index (χ4n) is 5.90. The van der Waals surface area contributed by atoms with Gasteiger partial charge in [-0.05, 0) is 70.9 Å². The number of allylic oxidation sites excluding steroid dienone is 2. The molecule has 0 spiro atoms. The van der Waals surface area contributed by atoms with Crippen molar-refractivity contribution >= 4 is 28.3 Å². The van der Waals surface area contributed by atoms with Crippen molar-refractivity contribution in [2.75, 3.05) is 4.90 Å². The maximum absolute atomic E-state index is 13.4. The fourth-order valence-corrected chi connectivity index (χ4v) is 6.83. The lowest BCUT2D eigenvalue weighted by atomic mass is 9.81. The van der Waals surface area contributed by atoms with Crippen LogP contribution in [0.25, 0.3) is 11.3 Å². The molecular formula is C24H26N2O2S. The highest BCUT2D eigenvalue weighted by Crippen LogP contribution is 2.60. The number of hydrogen-bond donors (Lipinski definition) is 0. The van der Waals surface area contributed by atoms with Crippen LogP contribution in [-0.4, -0.2) is 16.8 Å². The number of carbonyl (C=O) groups excluding carboxylic acids is 2. The first-order valence-electron chi connectivity index (χ1n) is 10.4. The van der Waals surface area contributed by atoms with E-state index in [1.165, 1.54) is 32.9 Å². The number of aromatic nitrogens is 1. The van der Waals surface area contributed by atoms with E-state index in [9.17, 15) is 9.59 Å². The molecule has 3 fully saturated rings. The van der Waals surface area contributed by atoms with Gasteiger partial charge in [0.15, 0.2) is 5.13 Å². The number of benzene rings is 1. The molecular weight excluding hydrogens is 380 g/mol. The van der Waals surface area contributed by atoms with E-state index in [4.69, 9.17) is 4.98 Å². The molecule has 5 rings (SSSR count). The highest BCUT2D eigenvalue weighted by Gasteiger charge is 2.64. The molecule has 1 saturated heterocycles. The fraction of sp³-hybridized carbons (Fsp3) is 0.458. The highest BCUT2D eigenvalue weighted by atomic mass is 32.1. The second-order valence-corrected chi connectivity index (χ2v) is 10.2. The molecule has 3 aliphatic rings. The zero-order chi connectivity index (χ0) is 20.6. The Balaban J connectivity index is 1.54. The van der Waals surface area contributed by atoms with Gasteiger partial charge in [0.05, 0.1) is 17.5 Å². The lowest BCUT2D eigenvalue weighted by molar-refractivity contribution is -0.123. The van der Waals surface area contributed by atoms with Crippen LogP contribution in [0, 0.1) is 44.4 Å². The predicted octanol–water partition coefficient (Wildman–Crippen LogP) is 5.22. The smallest absolute Gasteiger partial charge is 0.240 e. The number of nitrogens with zero attached hydrogens (tertiary/aromatic N) is 2. The molecule has 2 saturated carbocycles. The van der Waals surface area contributed by atoms with Gasteiger partial charge in [0.25, 0.3) is 0 Å². The van der Waals surface area contributed by atoms with Gasteiger partial charge in [0.2, 0.25) is 11.8 Å². The minimum absolute atomic E-state index is 0.0350. The highest BCUT2D eigenvalue weighted by molar-refractivity contribution is 7.16. The Kier molecular flexibility index (Phi) is 4.11. The Morgan fingerprint density at radius 1 is 1.03 bits per heavy atom. The summed E-state index contributed by atoms with van der Waals surface area (Å²) in [5, 5.41) is 0.543. The Labute approximate surface area is 175 Å². The number of thiazole rings is 1. The van der Waals surface area contributed by atoms with Crippen LogP contribution in [0.3, 0.4) is 0 Å². The molecule has 2 amide bonds. The first-order valence-corrected chi connectivity index (χ1v) is 11.2. The molecule has 2 bridgehead atoms. The number of hydrogen-bond acceptors (Lipinski definition) is 4. The summed E-state index contributed by atoms with van der Waals surface area (Å²) in [5.74, 6) is 0.0606. The number of fused-ring (bicyclic) bond motifs is 5. The van der Waals surface area contributed by atoms with Crippen molar-refractivity contribution in [2.24, 2.45) is 23.7 Å². The summed E-state index contributed by atoms with van der Waals surface area (Å²) in [7, 11) is 0. The summed E-state index contributed by atoms with van der Waals surface area (Å²) < 4.78 is 0. The topological polar surface area (TPSA) is 50.3 Å². The van der Waals surface area contributed by atoms with Gasteiger partial charge in [0, 0.05) is 10.4 Å². The molecule has 2 aromatic rings. The number of aryl methyl sites for hydroxylation is 3. The van der Waals surface area contributed by atoms with Crippen LogP contribution in [0.2, 0.25) is 0 Å². The lowest BCUT2D eigenvalue weighted by Crippen LogP contribution is -2.33. The van der Waals surface area contributed by atoms with Gasteiger partial charge in [-0.2, -0.15) is 0 Å². The number of anilines is 1. The number of rotatable bonds is 2. The van der Waals surface area contributed by atoms with E-state index >= 15 is 0 Å². The monoisotopic (exact) mass is 406 g/mol. The Bertz CT molecular complexity index is 1060. The zero-order valence-electron chi connectivity index (χ0n) is 17.6. The van der Waals surface area contributed by atoms with Gasteiger partial charge >= 0.3 is 0 Å². The average Bonchev–Trinajstić information content (AvgIpc) is 3.39. The third kappa shape index (κ3) is 2.53. The van der Waals surface area contributed by atoms with Crippen molar-refractivity contribution in [3.63, 3.8) is 0 Å². The molecule has 0 N–H and O–H groups in total. The summed E-state index contributed by atoms with van der Waals surface area (Å²) in [4.78, 5) is 34.0. The van der Waals surface area contributed by atoms with Crippen molar-refractivity contribution in [1.82, 2.24) is 4.98 Å². The van der Waals surface area contributed by atoms with Crippen LogP contribution in [0.5, 0.6) is 0 Å². The largest absolute Gasteiger partial charge is 0.274 e. The minimum Gasteiger partial charge on any atom is -0.274 e. The van der Waals surface area contributed by atoms with Gasteiger partial charge in [-0.25, -0.2) is 9.88 Å². The third-order valence-electron chi connectivity index (χ3n) is 7.05. The zero-order valence-corrected chi connectivity index (χ0v) is 18.4. The van der Waals surface area contributed by atoms with E-state index in [1.54, 1.807) is 0 Å². The summed E-state index contributed by atoms with van der Waals surface area (Å²) in [6.07, 6.45) is 2.06. The number of imide groups is 1. The Morgan fingerprint density at radius 2 is 1.66 bits per heavy atom. The molecule has 1 aliphatic heterocycles. The van der Waals surface area contributed by atoms with Gasteiger partial charge in [0.1, 0.15) is 0 Å². The van der Waals surface area contributed by atoms with Gasteiger partial charge in [-0.1, -0.05) is 28.8 Å². The van der Waals surface area contributed by atoms with Gasteiger partial charge < -0.3 is 0 Å². The standard InChI is InChI=1S/C24H26N2O2S/c1-11(2)18-15-8-9-16(18)20-19(15)22(27)26(23(20)28)24-25-21(14(5)29-24)17-10-12(3)6-7-13(17)4/h6-7,10,15-16,19-20H,8-9H2,1-5H3/t15-,16+,19-,20-/m0/s1. The van der Waals surface area contributed by atoms with E-state index < -0.39 is 0 Å². The predicted molar refractivity (Wildman–Crippen MR) is 116 cm³/mol. The number of amides is 2. The summed E-state index contributed by atoms with van der Waals surface area (Å²) in [5.41, 5.74) is 6.97. The SMILES string of the molecule is CC(C)=C1[C@H]2CC[C@@H]1[C@@H]1C(=O)N(c3nc(-c4cc(C)ccc4C)c(C)s3)C(=O)[C@H]12. The molecule has 4 atom stereocenters. The molecule has 4 nitrogen and oxygen atoms in total. The van der Waals surface area contributed by atoms with E-state index in [2.05, 4.69) is 45.9 Å². The molecule has 150 valence electrons. The first-order chi connectivity index (χ1) is 13.8. The van der Waals surface area contributed by atoms with Crippen molar-refractivity contribution in [2.45, 2.75) is 47.5 Å². The molecule has 0 unspecified atom stereocenters. The van der Waals surface area contributed by atoms with Crippen LogP contribution in [0.1, 0.15) is 42.7 Å². The second kappa shape index (κ2) is 6.36.